The molecule has 1 aromatic carbocycles. The summed E-state index contributed by atoms with van der Waals surface area (Å²) < 4.78 is 63.2. The summed E-state index contributed by atoms with van der Waals surface area (Å²) in [4.78, 5) is 9.44. The van der Waals surface area contributed by atoms with Gasteiger partial charge in [0.05, 0.1) is 5.56 Å². The van der Waals surface area contributed by atoms with Crippen molar-refractivity contribution in [2.75, 3.05) is 0 Å². The second-order valence-electron chi connectivity index (χ2n) is 4.57. The van der Waals surface area contributed by atoms with E-state index in [0.717, 1.165) is 12.1 Å². The second-order valence-corrected chi connectivity index (χ2v) is 4.57. The number of carbonyl (C=O) groups excluding carboxylic acids is 1. The molecule has 1 nitrogen and oxygen atoms in total. The quantitative estimate of drug-likeness (QED) is 0.704. The van der Waals surface area contributed by atoms with Gasteiger partial charge in [0.25, 0.3) is 5.92 Å². The van der Waals surface area contributed by atoms with Crippen LogP contribution in [0.5, 0.6) is 0 Å². The zero-order chi connectivity index (χ0) is 16.1. The molecule has 0 atom stereocenters. The molecule has 0 amide bonds. The number of halogens is 5. The Morgan fingerprint density at radius 2 is 1.40 bits per heavy atom. The van der Waals surface area contributed by atoms with Crippen LogP contribution in [0.15, 0.2) is 18.2 Å². The van der Waals surface area contributed by atoms with Crippen molar-refractivity contribution in [2.24, 2.45) is 0 Å². The molecule has 0 unspecified atom stereocenters. The fourth-order valence-corrected chi connectivity index (χ4v) is 1.31. The molecule has 20 heavy (non-hydrogen) atoms. The Labute approximate surface area is 114 Å². The summed E-state index contributed by atoms with van der Waals surface area (Å²) in [6.45, 7) is 5.26. The highest BCUT2D eigenvalue weighted by Crippen LogP contribution is 2.35. The molecule has 0 aromatic heterocycles. The summed E-state index contributed by atoms with van der Waals surface area (Å²) >= 11 is 0. The molecule has 0 saturated heterocycles. The first-order valence-electron chi connectivity index (χ1n) is 5.94. The van der Waals surface area contributed by atoms with E-state index in [1.165, 1.54) is 13.8 Å². The number of Topliss-reactive ketones (excluding diaryl/α,β-unsaturated/α-hetero) is 1. The second kappa shape index (κ2) is 6.81. The van der Waals surface area contributed by atoms with E-state index in [1.54, 1.807) is 6.92 Å². The summed E-state index contributed by atoms with van der Waals surface area (Å²) in [6.07, 6.45) is -4.31. The van der Waals surface area contributed by atoms with Gasteiger partial charge in [-0.3, -0.25) is 0 Å². The minimum absolute atomic E-state index is 0.167. The third-order valence-corrected chi connectivity index (χ3v) is 2.24. The van der Waals surface area contributed by atoms with Crippen molar-refractivity contribution in [2.45, 2.75) is 46.2 Å². The van der Waals surface area contributed by atoms with Gasteiger partial charge in [-0.2, -0.15) is 13.2 Å². The SMILES string of the molecule is CC(C)=O.CCc1cc(C(C)(F)F)cc(C(F)(F)F)c1. The first kappa shape index (κ1) is 18.5. The van der Waals surface area contributed by atoms with Crippen molar-refractivity contribution in [3.8, 4) is 0 Å². The molecular formula is C14H17F5O. The zero-order valence-electron chi connectivity index (χ0n) is 11.7. The van der Waals surface area contributed by atoms with Crippen LogP contribution in [-0.2, 0) is 23.3 Å². The predicted molar refractivity (Wildman–Crippen MR) is 66.7 cm³/mol. The molecule has 0 aliphatic rings. The molecule has 0 aliphatic heterocycles. The van der Waals surface area contributed by atoms with Gasteiger partial charge in [-0.25, -0.2) is 8.78 Å². The van der Waals surface area contributed by atoms with Gasteiger partial charge in [0.1, 0.15) is 5.78 Å². The number of rotatable bonds is 2. The fraction of sp³-hybridized carbons (Fsp3) is 0.500. The molecule has 0 radical (unpaired) electrons. The fourth-order valence-electron chi connectivity index (χ4n) is 1.31. The number of hydrogen-bond acceptors (Lipinski definition) is 1. The van der Waals surface area contributed by atoms with Crippen molar-refractivity contribution in [1.29, 1.82) is 0 Å². The van der Waals surface area contributed by atoms with Crippen molar-refractivity contribution in [3.05, 3.63) is 34.9 Å². The molecule has 114 valence electrons. The van der Waals surface area contributed by atoms with E-state index < -0.39 is 23.2 Å². The van der Waals surface area contributed by atoms with Crippen LogP contribution in [0.4, 0.5) is 22.0 Å². The lowest BCUT2D eigenvalue weighted by molar-refractivity contribution is -0.137. The van der Waals surface area contributed by atoms with E-state index in [4.69, 9.17) is 0 Å². The maximum absolute atomic E-state index is 13.0. The van der Waals surface area contributed by atoms with E-state index >= 15 is 0 Å². The molecule has 0 fully saturated rings. The third kappa shape index (κ3) is 6.63. The minimum atomic E-state index is -4.59. The summed E-state index contributed by atoms with van der Waals surface area (Å²) in [7, 11) is 0. The monoisotopic (exact) mass is 296 g/mol. The van der Waals surface area contributed by atoms with Gasteiger partial charge in [-0.05, 0) is 44.0 Å². The highest BCUT2D eigenvalue weighted by molar-refractivity contribution is 5.72. The van der Waals surface area contributed by atoms with Crippen LogP contribution in [0.2, 0.25) is 0 Å². The van der Waals surface area contributed by atoms with E-state index in [9.17, 15) is 26.7 Å². The first-order valence-corrected chi connectivity index (χ1v) is 5.94. The Kier molecular flexibility index (Phi) is 6.32. The van der Waals surface area contributed by atoms with Crippen molar-refractivity contribution in [3.63, 3.8) is 0 Å². The number of carbonyl (C=O) groups is 1. The molecule has 0 N–H and O–H groups in total. The number of alkyl halides is 5. The van der Waals surface area contributed by atoms with E-state index in [1.807, 2.05) is 0 Å². The summed E-state index contributed by atoms with van der Waals surface area (Å²) in [5.41, 5.74) is -1.37. The first-order chi connectivity index (χ1) is 8.87. The average Bonchev–Trinajstić information content (AvgIpc) is 2.25. The van der Waals surface area contributed by atoms with Crippen LogP contribution in [0.25, 0.3) is 0 Å². The summed E-state index contributed by atoms with van der Waals surface area (Å²) in [5, 5.41) is 0. The molecule has 0 bridgehead atoms. The van der Waals surface area contributed by atoms with Gasteiger partial charge in [0.15, 0.2) is 0 Å². The largest absolute Gasteiger partial charge is 0.416 e. The van der Waals surface area contributed by atoms with Gasteiger partial charge >= 0.3 is 6.18 Å². The Balaban J connectivity index is 0.000000796. The van der Waals surface area contributed by atoms with Gasteiger partial charge in [-0.1, -0.05) is 6.92 Å². The number of benzene rings is 1. The molecule has 6 heteroatoms. The Morgan fingerprint density at radius 1 is 1.00 bits per heavy atom. The lowest BCUT2D eigenvalue weighted by Gasteiger charge is -2.15. The molecule has 0 spiro atoms. The number of ketones is 1. The summed E-state index contributed by atoms with van der Waals surface area (Å²) in [5.74, 6) is -3.09. The van der Waals surface area contributed by atoms with Crippen molar-refractivity contribution < 1.29 is 26.7 Å². The number of hydrogen-bond donors (Lipinski definition) is 0. The van der Waals surface area contributed by atoms with Crippen LogP contribution in [0.1, 0.15) is 44.4 Å². The van der Waals surface area contributed by atoms with Gasteiger partial charge in [0, 0.05) is 12.5 Å². The van der Waals surface area contributed by atoms with Crippen molar-refractivity contribution >= 4 is 5.78 Å². The van der Waals surface area contributed by atoms with E-state index in [2.05, 4.69) is 0 Å². The predicted octanol–water partition coefficient (Wildman–Crippen LogP) is 4.97. The van der Waals surface area contributed by atoms with E-state index in [0.29, 0.717) is 13.0 Å². The van der Waals surface area contributed by atoms with Gasteiger partial charge in [-0.15, -0.1) is 0 Å². The van der Waals surface area contributed by atoms with Crippen LogP contribution in [0.3, 0.4) is 0 Å². The topological polar surface area (TPSA) is 17.1 Å². The molecule has 0 saturated carbocycles. The van der Waals surface area contributed by atoms with Crippen LogP contribution in [-0.4, -0.2) is 5.78 Å². The van der Waals surface area contributed by atoms with Crippen LogP contribution >= 0.6 is 0 Å². The normalized spacial score (nSPS) is 11.7. The summed E-state index contributed by atoms with van der Waals surface area (Å²) in [6, 6.07) is 2.50. The standard InChI is InChI=1S/C11H11F5.C3H6O/c1-3-7-4-8(10(2,12)13)6-9(5-7)11(14,15)16;1-3(2)4/h4-6H,3H2,1-2H3;1-2H3. The van der Waals surface area contributed by atoms with Crippen LogP contribution < -0.4 is 0 Å². The van der Waals surface area contributed by atoms with Gasteiger partial charge in [0.2, 0.25) is 0 Å². The Morgan fingerprint density at radius 3 is 1.70 bits per heavy atom. The maximum atomic E-state index is 13.0. The minimum Gasteiger partial charge on any atom is -0.300 e. The molecule has 1 rings (SSSR count). The zero-order valence-corrected chi connectivity index (χ0v) is 11.7. The van der Waals surface area contributed by atoms with Crippen molar-refractivity contribution in [1.82, 2.24) is 0 Å². The molecular weight excluding hydrogens is 279 g/mol. The van der Waals surface area contributed by atoms with E-state index in [-0.39, 0.29) is 17.8 Å². The lowest BCUT2D eigenvalue weighted by atomic mass is 10.0. The molecule has 1 aromatic rings. The van der Waals surface area contributed by atoms with Gasteiger partial charge < -0.3 is 4.79 Å². The third-order valence-electron chi connectivity index (χ3n) is 2.24. The smallest absolute Gasteiger partial charge is 0.300 e. The Bertz CT molecular complexity index is 421. The van der Waals surface area contributed by atoms with Crippen LogP contribution in [0, 0.1) is 0 Å². The highest BCUT2D eigenvalue weighted by atomic mass is 19.4. The number of aryl methyl sites for hydroxylation is 1. The highest BCUT2D eigenvalue weighted by Gasteiger charge is 2.34. The lowest BCUT2D eigenvalue weighted by Crippen LogP contribution is -2.12. The average molecular weight is 296 g/mol. The maximum Gasteiger partial charge on any atom is 0.416 e. The Hall–Kier alpha value is -1.46. The molecule has 0 aliphatic carbocycles. The molecule has 0 heterocycles.